The molecular weight excluding hydrogens is 352 g/mol. The van der Waals surface area contributed by atoms with Gasteiger partial charge in [-0.1, -0.05) is 59.8 Å². The number of hydrazine groups is 1. The van der Waals surface area contributed by atoms with Crippen molar-refractivity contribution in [3.8, 4) is 17.1 Å². The van der Waals surface area contributed by atoms with Gasteiger partial charge in [-0.2, -0.15) is 4.98 Å². The molecule has 0 unspecified atom stereocenters. The molecule has 1 heterocycles. The molecule has 0 atom stereocenters. The van der Waals surface area contributed by atoms with E-state index in [1.165, 1.54) is 0 Å². The number of ether oxygens (including phenoxy) is 1. The van der Waals surface area contributed by atoms with E-state index in [2.05, 4.69) is 21.0 Å². The summed E-state index contributed by atoms with van der Waals surface area (Å²) in [6.45, 7) is 0.893. The molecule has 0 saturated carbocycles. The van der Waals surface area contributed by atoms with Gasteiger partial charge in [0.25, 0.3) is 5.89 Å². The molecule has 0 radical (unpaired) electrons. The minimum absolute atomic E-state index is 0.235. The lowest BCUT2D eigenvalue weighted by molar-refractivity contribution is 0.243. The van der Waals surface area contributed by atoms with Crippen molar-refractivity contribution < 1.29 is 9.26 Å². The first-order valence-electron chi connectivity index (χ1n) is 9.00. The first kappa shape index (κ1) is 17.8. The third-order valence-electron chi connectivity index (χ3n) is 4.06. The van der Waals surface area contributed by atoms with E-state index in [1.807, 2.05) is 84.9 Å². The van der Waals surface area contributed by atoms with E-state index in [1.54, 1.807) is 0 Å². The Morgan fingerprint density at radius 1 is 0.857 bits per heavy atom. The summed E-state index contributed by atoms with van der Waals surface area (Å²) in [4.78, 5) is 4.43. The molecule has 0 fully saturated rings. The van der Waals surface area contributed by atoms with Gasteiger partial charge in [0.05, 0.1) is 0 Å². The molecule has 0 spiro atoms. The van der Waals surface area contributed by atoms with Crippen molar-refractivity contribution in [3.05, 3.63) is 96.4 Å². The predicted molar refractivity (Wildman–Crippen MR) is 107 cm³/mol. The smallest absolute Gasteiger partial charge is 0.264 e. The first-order chi connectivity index (χ1) is 13.9. The highest BCUT2D eigenvalue weighted by Gasteiger charge is 2.10. The van der Waals surface area contributed by atoms with Crippen LogP contribution in [0.3, 0.4) is 0 Å². The number of rotatable bonds is 8. The van der Waals surface area contributed by atoms with Crippen molar-refractivity contribution in [2.24, 2.45) is 0 Å². The fourth-order valence-electron chi connectivity index (χ4n) is 2.68. The number of nitrogens with one attached hydrogen (secondary N) is 2. The van der Waals surface area contributed by atoms with Gasteiger partial charge in [-0.05, 0) is 35.9 Å². The molecule has 140 valence electrons. The van der Waals surface area contributed by atoms with Gasteiger partial charge in [-0.25, -0.2) is 5.43 Å². The maximum atomic E-state index is 5.65. The van der Waals surface area contributed by atoms with Crippen molar-refractivity contribution in [2.75, 3.05) is 5.43 Å². The van der Waals surface area contributed by atoms with E-state index in [0.29, 0.717) is 18.3 Å². The van der Waals surface area contributed by atoms with Crippen molar-refractivity contribution in [1.82, 2.24) is 15.6 Å². The molecule has 6 nitrogen and oxygen atoms in total. The third-order valence-corrected chi connectivity index (χ3v) is 4.06. The van der Waals surface area contributed by atoms with Crippen molar-refractivity contribution in [3.63, 3.8) is 0 Å². The first-order valence-corrected chi connectivity index (χ1v) is 9.00. The fraction of sp³-hybridized carbons (Fsp3) is 0.0909. The molecule has 6 heteroatoms. The SMILES string of the molecule is c1ccc(NNCc2cccc(-c3noc(COc4ccccc4)n3)c2)cc1. The predicted octanol–water partition coefficient (Wildman–Crippen LogP) is 4.43. The highest BCUT2D eigenvalue weighted by Crippen LogP contribution is 2.18. The Labute approximate surface area is 163 Å². The molecule has 0 saturated heterocycles. The van der Waals surface area contributed by atoms with Crippen LogP contribution in [0.1, 0.15) is 11.5 Å². The zero-order valence-electron chi connectivity index (χ0n) is 15.2. The van der Waals surface area contributed by atoms with Crippen molar-refractivity contribution >= 4 is 5.69 Å². The second-order valence-electron chi connectivity index (χ2n) is 6.16. The molecular formula is C22H20N4O2. The Balaban J connectivity index is 1.35. The molecule has 2 N–H and O–H groups in total. The summed E-state index contributed by atoms with van der Waals surface area (Å²) >= 11 is 0. The highest BCUT2D eigenvalue weighted by molar-refractivity contribution is 5.55. The second kappa shape index (κ2) is 8.83. The summed E-state index contributed by atoms with van der Waals surface area (Å²) in [6, 6.07) is 27.5. The van der Waals surface area contributed by atoms with Gasteiger partial charge in [0.1, 0.15) is 5.75 Å². The Morgan fingerprint density at radius 2 is 1.64 bits per heavy atom. The number of aromatic nitrogens is 2. The summed E-state index contributed by atoms with van der Waals surface area (Å²) in [5.74, 6) is 1.75. The monoisotopic (exact) mass is 372 g/mol. The zero-order chi connectivity index (χ0) is 19.0. The average Bonchev–Trinajstić information content (AvgIpc) is 3.23. The normalized spacial score (nSPS) is 10.6. The van der Waals surface area contributed by atoms with Crippen LogP contribution in [-0.2, 0) is 13.2 Å². The average molecular weight is 372 g/mol. The molecule has 0 bridgehead atoms. The van der Waals surface area contributed by atoms with Gasteiger partial charge in [0.2, 0.25) is 5.82 Å². The lowest BCUT2D eigenvalue weighted by Crippen LogP contribution is -2.20. The number of nitrogens with zero attached hydrogens (tertiary/aromatic N) is 2. The lowest BCUT2D eigenvalue weighted by atomic mass is 10.1. The van der Waals surface area contributed by atoms with Crippen LogP contribution in [0, 0.1) is 0 Å². The summed E-state index contributed by atoms with van der Waals surface area (Å²) in [5.41, 5.74) is 9.39. The zero-order valence-corrected chi connectivity index (χ0v) is 15.2. The van der Waals surface area contributed by atoms with Gasteiger partial charge in [-0.15, -0.1) is 0 Å². The maximum absolute atomic E-state index is 5.65. The van der Waals surface area contributed by atoms with Crippen LogP contribution < -0.4 is 15.6 Å². The van der Waals surface area contributed by atoms with Crippen LogP contribution in [0.4, 0.5) is 5.69 Å². The summed E-state index contributed by atoms with van der Waals surface area (Å²) in [7, 11) is 0. The van der Waals surface area contributed by atoms with E-state index >= 15 is 0 Å². The molecule has 28 heavy (non-hydrogen) atoms. The second-order valence-corrected chi connectivity index (χ2v) is 6.16. The molecule has 3 aromatic carbocycles. The molecule has 0 aliphatic heterocycles. The van der Waals surface area contributed by atoms with Gasteiger partial charge in [0, 0.05) is 17.8 Å². The Kier molecular flexibility index (Phi) is 5.60. The minimum Gasteiger partial charge on any atom is -0.484 e. The summed E-state index contributed by atoms with van der Waals surface area (Å²) < 4.78 is 11.0. The molecule has 0 aliphatic carbocycles. The van der Waals surface area contributed by atoms with E-state index in [9.17, 15) is 0 Å². The van der Waals surface area contributed by atoms with Crippen LogP contribution in [0.25, 0.3) is 11.4 Å². The quantitative estimate of drug-likeness (QED) is 0.446. The summed E-state index contributed by atoms with van der Waals surface area (Å²) in [5, 5.41) is 4.07. The topological polar surface area (TPSA) is 72.2 Å². The molecule has 4 aromatic rings. The highest BCUT2D eigenvalue weighted by atomic mass is 16.5. The largest absolute Gasteiger partial charge is 0.484 e. The van der Waals surface area contributed by atoms with Gasteiger partial charge in [-0.3, -0.25) is 0 Å². The Morgan fingerprint density at radius 3 is 2.46 bits per heavy atom. The minimum atomic E-state index is 0.235. The standard InChI is InChI=1S/C22H20N4O2/c1-3-10-19(11-4-1)25-23-15-17-8-7-9-18(14-17)22-24-21(28-26-22)16-27-20-12-5-2-6-13-20/h1-14,23,25H,15-16H2. The Bertz CT molecular complexity index is 1000. The number of benzene rings is 3. The number of hydrogen-bond acceptors (Lipinski definition) is 6. The van der Waals surface area contributed by atoms with Crippen molar-refractivity contribution in [2.45, 2.75) is 13.2 Å². The molecule has 0 aliphatic rings. The van der Waals surface area contributed by atoms with E-state index in [0.717, 1.165) is 22.6 Å². The lowest BCUT2D eigenvalue weighted by Gasteiger charge is -2.08. The number of anilines is 1. The maximum Gasteiger partial charge on any atom is 0.264 e. The van der Waals surface area contributed by atoms with Gasteiger partial charge < -0.3 is 14.7 Å². The van der Waals surface area contributed by atoms with Crippen LogP contribution in [0.15, 0.2) is 89.5 Å². The van der Waals surface area contributed by atoms with Crippen LogP contribution in [-0.4, -0.2) is 10.1 Å². The van der Waals surface area contributed by atoms with Gasteiger partial charge in [0.15, 0.2) is 6.61 Å². The molecule has 1 aromatic heterocycles. The summed E-state index contributed by atoms with van der Waals surface area (Å²) in [6.07, 6.45) is 0. The van der Waals surface area contributed by atoms with E-state index in [-0.39, 0.29) is 6.61 Å². The van der Waals surface area contributed by atoms with Crippen LogP contribution >= 0.6 is 0 Å². The number of para-hydroxylation sites is 2. The van der Waals surface area contributed by atoms with E-state index in [4.69, 9.17) is 9.26 Å². The molecule has 4 rings (SSSR count). The Hall–Kier alpha value is -3.64. The van der Waals surface area contributed by atoms with Crippen LogP contribution in [0.2, 0.25) is 0 Å². The number of hydrogen-bond donors (Lipinski definition) is 2. The molecule has 0 amide bonds. The van der Waals surface area contributed by atoms with Gasteiger partial charge >= 0.3 is 0 Å². The van der Waals surface area contributed by atoms with Crippen molar-refractivity contribution in [1.29, 1.82) is 0 Å². The fourth-order valence-corrected chi connectivity index (χ4v) is 2.68. The third kappa shape index (κ3) is 4.75. The van der Waals surface area contributed by atoms with E-state index < -0.39 is 0 Å². The van der Waals surface area contributed by atoms with Crippen LogP contribution in [0.5, 0.6) is 5.75 Å².